The molecule has 0 aliphatic carbocycles. The molecule has 0 spiro atoms. The highest BCUT2D eigenvalue weighted by molar-refractivity contribution is 9.10. The van der Waals surface area contributed by atoms with Crippen molar-refractivity contribution in [3.05, 3.63) is 52.8 Å². The fourth-order valence-electron chi connectivity index (χ4n) is 3.01. The second-order valence-corrected chi connectivity index (χ2v) is 7.30. The van der Waals surface area contributed by atoms with Crippen LogP contribution in [-0.4, -0.2) is 50.1 Å². The molecule has 0 aromatic heterocycles. The van der Waals surface area contributed by atoms with E-state index in [4.69, 9.17) is 4.74 Å². The zero-order valence-electron chi connectivity index (χ0n) is 15.3. The largest absolute Gasteiger partial charge is 0.481 e. The summed E-state index contributed by atoms with van der Waals surface area (Å²) in [5, 5.41) is 2.77. The summed E-state index contributed by atoms with van der Waals surface area (Å²) >= 11 is 3.18. The number of benzene rings is 2. The number of carbonyl (C=O) groups is 1. The lowest BCUT2D eigenvalue weighted by Crippen LogP contribution is -2.46. The van der Waals surface area contributed by atoms with E-state index < -0.39 is 5.82 Å². The molecule has 144 valence electrons. The zero-order chi connectivity index (χ0) is 19.2. The minimum atomic E-state index is -0.510. The predicted octanol–water partition coefficient (Wildman–Crippen LogP) is 3.75. The maximum atomic E-state index is 13.7. The molecule has 1 amide bonds. The number of amides is 1. The molecule has 1 aliphatic heterocycles. The molecule has 1 fully saturated rings. The molecule has 0 atom stereocenters. The Morgan fingerprint density at radius 3 is 2.48 bits per heavy atom. The first-order valence-corrected chi connectivity index (χ1v) is 9.79. The van der Waals surface area contributed by atoms with Crippen LogP contribution in [0.5, 0.6) is 5.75 Å². The van der Waals surface area contributed by atoms with Gasteiger partial charge >= 0.3 is 0 Å². The molecule has 27 heavy (non-hydrogen) atoms. The second-order valence-electron chi connectivity index (χ2n) is 6.38. The van der Waals surface area contributed by atoms with Crippen LogP contribution in [-0.2, 0) is 4.79 Å². The lowest BCUT2D eigenvalue weighted by molar-refractivity contribution is -0.118. The van der Waals surface area contributed by atoms with Crippen LogP contribution in [0.1, 0.15) is 6.92 Å². The Bertz CT molecular complexity index is 777. The summed E-state index contributed by atoms with van der Waals surface area (Å²) < 4.78 is 19.6. The van der Waals surface area contributed by atoms with Gasteiger partial charge in [-0.2, -0.15) is 0 Å². The number of likely N-dealkylation sites (N-methyl/N-ethyl adjacent to an activating group) is 1. The molecular formula is C20H23BrFN3O2. The number of piperazine rings is 1. The van der Waals surface area contributed by atoms with Crippen LogP contribution in [0.15, 0.2) is 46.9 Å². The van der Waals surface area contributed by atoms with Gasteiger partial charge in [-0.3, -0.25) is 4.79 Å². The van der Waals surface area contributed by atoms with Crippen LogP contribution in [0, 0.1) is 5.82 Å². The van der Waals surface area contributed by atoms with E-state index in [1.54, 1.807) is 6.07 Å². The van der Waals surface area contributed by atoms with Crippen molar-refractivity contribution in [1.82, 2.24) is 4.90 Å². The van der Waals surface area contributed by atoms with E-state index in [2.05, 4.69) is 38.0 Å². The molecule has 0 saturated carbocycles. The minimum Gasteiger partial charge on any atom is -0.481 e. The molecule has 7 heteroatoms. The predicted molar refractivity (Wildman–Crippen MR) is 109 cm³/mol. The van der Waals surface area contributed by atoms with Crippen molar-refractivity contribution >= 4 is 33.2 Å². The molecule has 3 rings (SSSR count). The third kappa shape index (κ3) is 5.43. The van der Waals surface area contributed by atoms with Gasteiger partial charge < -0.3 is 19.9 Å². The molecule has 1 heterocycles. The third-order valence-electron chi connectivity index (χ3n) is 4.59. The van der Waals surface area contributed by atoms with Gasteiger partial charge in [-0.05, 0) is 49.0 Å². The van der Waals surface area contributed by atoms with Crippen molar-refractivity contribution in [2.45, 2.75) is 6.92 Å². The summed E-state index contributed by atoms with van der Waals surface area (Å²) in [6.07, 6.45) is 0. The Kier molecular flexibility index (Phi) is 6.68. The number of hydrogen-bond acceptors (Lipinski definition) is 4. The van der Waals surface area contributed by atoms with E-state index in [-0.39, 0.29) is 18.3 Å². The maximum Gasteiger partial charge on any atom is 0.262 e. The number of hydrogen-bond donors (Lipinski definition) is 1. The summed E-state index contributed by atoms with van der Waals surface area (Å²) in [6.45, 7) is 7.17. The number of halogens is 2. The van der Waals surface area contributed by atoms with Crippen LogP contribution in [0.2, 0.25) is 0 Å². The van der Waals surface area contributed by atoms with Crippen molar-refractivity contribution in [2.24, 2.45) is 0 Å². The van der Waals surface area contributed by atoms with Gasteiger partial charge in [0, 0.05) is 42.0 Å². The van der Waals surface area contributed by atoms with Gasteiger partial charge in [-0.1, -0.05) is 22.9 Å². The number of nitrogens with one attached hydrogen (secondary N) is 1. The Balaban J connectivity index is 1.50. The second kappa shape index (κ2) is 9.19. The van der Waals surface area contributed by atoms with Crippen molar-refractivity contribution in [3.8, 4) is 5.75 Å². The van der Waals surface area contributed by atoms with Crippen LogP contribution >= 0.6 is 15.9 Å². The van der Waals surface area contributed by atoms with E-state index >= 15 is 0 Å². The molecule has 5 nitrogen and oxygen atoms in total. The first kappa shape index (κ1) is 19.6. The maximum absolute atomic E-state index is 13.7. The average molecular weight is 436 g/mol. The number of ether oxygens (including phenoxy) is 1. The smallest absolute Gasteiger partial charge is 0.262 e. The van der Waals surface area contributed by atoms with Gasteiger partial charge in [-0.25, -0.2) is 4.39 Å². The highest BCUT2D eigenvalue weighted by atomic mass is 79.9. The van der Waals surface area contributed by atoms with Gasteiger partial charge in [0.2, 0.25) is 0 Å². The monoisotopic (exact) mass is 435 g/mol. The molecule has 0 radical (unpaired) electrons. The number of rotatable bonds is 6. The van der Waals surface area contributed by atoms with E-state index in [0.717, 1.165) is 38.4 Å². The standard InChI is InChI=1S/C20H23BrFN3O2/c1-2-24-9-11-25(12-10-24)17-6-4-16(5-7-17)23-20(26)14-27-19-8-3-15(21)13-18(19)22/h3-8,13H,2,9-12,14H2,1H3,(H,23,26). The van der Waals surface area contributed by atoms with Crippen molar-refractivity contribution < 1.29 is 13.9 Å². The highest BCUT2D eigenvalue weighted by Gasteiger charge is 2.15. The summed E-state index contributed by atoms with van der Waals surface area (Å²) in [5.74, 6) is -0.791. The normalized spacial score (nSPS) is 14.9. The lowest BCUT2D eigenvalue weighted by Gasteiger charge is -2.35. The van der Waals surface area contributed by atoms with Crippen molar-refractivity contribution in [2.75, 3.05) is 49.5 Å². The minimum absolute atomic E-state index is 0.0509. The van der Waals surface area contributed by atoms with Crippen LogP contribution in [0.3, 0.4) is 0 Å². The van der Waals surface area contributed by atoms with E-state index in [0.29, 0.717) is 10.2 Å². The van der Waals surface area contributed by atoms with Crippen LogP contribution < -0.4 is 15.0 Å². The summed E-state index contributed by atoms with van der Waals surface area (Å²) in [4.78, 5) is 16.8. The molecule has 2 aromatic carbocycles. The lowest BCUT2D eigenvalue weighted by atomic mass is 10.2. The quantitative estimate of drug-likeness (QED) is 0.750. The topological polar surface area (TPSA) is 44.8 Å². The zero-order valence-corrected chi connectivity index (χ0v) is 16.8. The molecule has 0 unspecified atom stereocenters. The van der Waals surface area contributed by atoms with Gasteiger partial charge in [0.1, 0.15) is 0 Å². The molecule has 1 aliphatic rings. The summed E-state index contributed by atoms with van der Waals surface area (Å²) in [7, 11) is 0. The third-order valence-corrected chi connectivity index (χ3v) is 5.08. The van der Waals surface area contributed by atoms with Gasteiger partial charge in [-0.15, -0.1) is 0 Å². The molecule has 1 N–H and O–H groups in total. The highest BCUT2D eigenvalue weighted by Crippen LogP contribution is 2.22. The first-order chi connectivity index (χ1) is 13.0. The molecule has 0 bridgehead atoms. The Hall–Kier alpha value is -2.12. The first-order valence-electron chi connectivity index (χ1n) is 9.00. The molecular weight excluding hydrogens is 413 g/mol. The van der Waals surface area contributed by atoms with Crippen LogP contribution in [0.25, 0.3) is 0 Å². The van der Waals surface area contributed by atoms with Gasteiger partial charge in [0.25, 0.3) is 5.91 Å². The SMILES string of the molecule is CCN1CCN(c2ccc(NC(=O)COc3ccc(Br)cc3F)cc2)CC1. The number of nitrogens with zero attached hydrogens (tertiary/aromatic N) is 2. The summed E-state index contributed by atoms with van der Waals surface area (Å²) in [5.41, 5.74) is 1.84. The summed E-state index contributed by atoms with van der Waals surface area (Å²) in [6, 6.07) is 12.2. The van der Waals surface area contributed by atoms with Crippen molar-refractivity contribution in [3.63, 3.8) is 0 Å². The Morgan fingerprint density at radius 1 is 1.15 bits per heavy atom. The fourth-order valence-corrected chi connectivity index (χ4v) is 3.34. The van der Waals surface area contributed by atoms with Crippen molar-refractivity contribution in [1.29, 1.82) is 0 Å². The fraction of sp³-hybridized carbons (Fsp3) is 0.350. The number of anilines is 2. The van der Waals surface area contributed by atoms with Gasteiger partial charge in [0.05, 0.1) is 0 Å². The number of carbonyl (C=O) groups excluding carboxylic acids is 1. The van der Waals surface area contributed by atoms with E-state index in [1.807, 2.05) is 24.3 Å². The van der Waals surface area contributed by atoms with E-state index in [9.17, 15) is 9.18 Å². The Labute approximate surface area is 167 Å². The van der Waals surface area contributed by atoms with Gasteiger partial charge in [0.15, 0.2) is 18.2 Å². The average Bonchev–Trinajstić information content (AvgIpc) is 2.68. The Morgan fingerprint density at radius 2 is 1.85 bits per heavy atom. The molecule has 2 aromatic rings. The molecule has 1 saturated heterocycles. The van der Waals surface area contributed by atoms with E-state index in [1.165, 1.54) is 12.1 Å². The van der Waals surface area contributed by atoms with Crippen LogP contribution in [0.4, 0.5) is 15.8 Å².